The van der Waals surface area contributed by atoms with Crippen LogP contribution in [0.3, 0.4) is 0 Å². The van der Waals surface area contributed by atoms with Crippen LogP contribution >= 0.6 is 28.6 Å². The summed E-state index contributed by atoms with van der Waals surface area (Å²) in [7, 11) is 0. The van der Waals surface area contributed by atoms with Gasteiger partial charge < -0.3 is 53.8 Å². The van der Waals surface area contributed by atoms with E-state index in [2.05, 4.69) is 20.3 Å². The molecule has 0 radical (unpaired) electrons. The van der Waals surface area contributed by atoms with Gasteiger partial charge in [-0.25, -0.2) is 15.0 Å². The van der Waals surface area contributed by atoms with Crippen LogP contribution in [0, 0.1) is 0 Å². The maximum Gasteiger partial charge on any atom is 0.471 e. The molecule has 0 aliphatic carbocycles. The lowest BCUT2D eigenvalue weighted by molar-refractivity contribution is -0.173. The molecule has 0 saturated carbocycles. The Balaban J connectivity index is 1.16. The number of carbonyl (C=O) groups excluding carboxylic acids is 1. The standard InChI is InChI=1S/C26H40Cl2F3N6O11P/c27-49(28,41)47-15-18-20(38)21(39)24(48-18)37-17-36-19-22(34-16-35-23(19)37)32-3-1-5-42-7-9-44-11-13-46-14-12-45-10-8-43-6-2-4-33-25(40)26(29,30)31/h16-18,20-21,24,38-39H,1-15H2,(H,33,40)(H,32,34,35)/t18-,20+,21?,24-/m1/s1. The van der Waals surface area contributed by atoms with Crippen LogP contribution in [0.4, 0.5) is 19.0 Å². The Morgan fingerprint density at radius 1 is 0.878 bits per heavy atom. The van der Waals surface area contributed by atoms with Gasteiger partial charge in [0.15, 0.2) is 23.2 Å². The molecule has 1 aliphatic heterocycles. The molecule has 2 aromatic rings. The van der Waals surface area contributed by atoms with Crippen LogP contribution in [0.15, 0.2) is 12.7 Å². The molecule has 49 heavy (non-hydrogen) atoms. The average Bonchev–Trinajstić information content (AvgIpc) is 3.60. The van der Waals surface area contributed by atoms with E-state index in [4.69, 9.17) is 55.4 Å². The van der Waals surface area contributed by atoms with Crippen LogP contribution in [0.2, 0.25) is 0 Å². The van der Waals surface area contributed by atoms with Gasteiger partial charge in [-0.05, 0) is 35.3 Å². The Morgan fingerprint density at radius 2 is 1.43 bits per heavy atom. The Morgan fingerprint density at radius 3 is 1.98 bits per heavy atom. The van der Waals surface area contributed by atoms with E-state index in [1.165, 1.54) is 17.2 Å². The van der Waals surface area contributed by atoms with Crippen molar-refractivity contribution < 1.29 is 65.7 Å². The van der Waals surface area contributed by atoms with Crippen LogP contribution in [0.25, 0.3) is 11.2 Å². The second-order valence-corrected chi connectivity index (χ2v) is 14.5. The fraction of sp³-hybridized carbons (Fsp3) is 0.769. The summed E-state index contributed by atoms with van der Waals surface area (Å²) in [6.07, 6.45) is -9.93. The average molecular weight is 772 g/mol. The van der Waals surface area contributed by atoms with Crippen LogP contribution in [-0.4, -0.2) is 146 Å². The van der Waals surface area contributed by atoms with Crippen LogP contribution in [0.1, 0.15) is 19.1 Å². The molecule has 0 spiro atoms. The van der Waals surface area contributed by atoms with E-state index in [1.54, 1.807) is 5.32 Å². The molecule has 4 atom stereocenters. The maximum absolute atomic E-state index is 12.0. The van der Waals surface area contributed by atoms with E-state index in [9.17, 15) is 32.7 Å². The van der Waals surface area contributed by atoms with Crippen molar-refractivity contribution >= 4 is 51.4 Å². The first kappa shape index (κ1) is 41.5. The molecule has 1 aliphatic rings. The number of fused-ring (bicyclic) bond motifs is 1. The Hall–Kier alpha value is -1.94. The molecule has 280 valence electrons. The molecular weight excluding hydrogens is 731 g/mol. The molecule has 1 saturated heterocycles. The summed E-state index contributed by atoms with van der Waals surface area (Å²) >= 11 is 10.8. The summed E-state index contributed by atoms with van der Waals surface area (Å²) in [5, 5.41) is 25.8. The number of ether oxygens (including phenoxy) is 6. The first-order chi connectivity index (χ1) is 23.4. The van der Waals surface area contributed by atoms with Gasteiger partial charge in [0.25, 0.3) is 0 Å². The third-order valence-electron chi connectivity index (χ3n) is 6.61. The van der Waals surface area contributed by atoms with Crippen LogP contribution in [0.5, 0.6) is 0 Å². The highest BCUT2D eigenvalue weighted by Crippen LogP contribution is 2.57. The van der Waals surface area contributed by atoms with Crippen molar-refractivity contribution in [2.75, 3.05) is 91.1 Å². The highest BCUT2D eigenvalue weighted by atomic mass is 35.9. The third kappa shape index (κ3) is 15.1. The fourth-order valence-corrected chi connectivity index (χ4v) is 4.92. The summed E-state index contributed by atoms with van der Waals surface area (Å²) < 4.78 is 86.5. The second-order valence-electron chi connectivity index (χ2n) is 10.3. The number of hydrogen-bond acceptors (Lipinski definition) is 15. The van der Waals surface area contributed by atoms with E-state index in [0.717, 1.165) is 0 Å². The van der Waals surface area contributed by atoms with Crippen LogP contribution in [-0.2, 0) is 42.3 Å². The van der Waals surface area contributed by atoms with E-state index < -0.39 is 49.3 Å². The summed E-state index contributed by atoms with van der Waals surface area (Å²) in [5.74, 6) is -1.51. The SMILES string of the molecule is O=C(NCCCOCCOCCOCCOCCOCCCNc1ncnc2c1ncn2[C@@H]1O[C@H](COP(=O)(Cl)Cl)[C@H](O)C1O)C(F)(F)F. The second kappa shape index (κ2) is 21.4. The highest BCUT2D eigenvalue weighted by molar-refractivity contribution is 8.05. The molecule has 17 nitrogen and oxygen atoms in total. The van der Waals surface area contributed by atoms with Crippen LogP contribution < -0.4 is 10.6 Å². The lowest BCUT2D eigenvalue weighted by Gasteiger charge is -2.16. The summed E-state index contributed by atoms with van der Waals surface area (Å²) in [6, 6.07) is 0. The van der Waals surface area contributed by atoms with E-state index in [0.29, 0.717) is 82.8 Å². The predicted octanol–water partition coefficient (Wildman–Crippen LogP) is 2.00. The fourth-order valence-electron chi connectivity index (χ4n) is 4.26. The molecule has 4 N–H and O–H groups in total. The molecule has 3 rings (SSSR count). The zero-order valence-corrected chi connectivity index (χ0v) is 28.7. The van der Waals surface area contributed by atoms with Crippen molar-refractivity contribution in [3.05, 3.63) is 12.7 Å². The minimum absolute atomic E-state index is 0.124. The van der Waals surface area contributed by atoms with Gasteiger partial charge in [-0.15, -0.1) is 0 Å². The summed E-state index contributed by atoms with van der Waals surface area (Å²) in [4.78, 5) is 23.4. The quantitative estimate of drug-likeness (QED) is 0.0842. The smallest absolute Gasteiger partial charge is 0.387 e. The van der Waals surface area contributed by atoms with Crippen molar-refractivity contribution in [1.29, 1.82) is 0 Å². The number of nitrogens with zero attached hydrogens (tertiary/aromatic N) is 4. The van der Waals surface area contributed by atoms with Gasteiger partial charge in [-0.1, -0.05) is 0 Å². The zero-order valence-electron chi connectivity index (χ0n) is 26.3. The highest BCUT2D eigenvalue weighted by Gasteiger charge is 2.45. The largest absolute Gasteiger partial charge is 0.471 e. The minimum atomic E-state index is -4.88. The predicted molar refractivity (Wildman–Crippen MR) is 167 cm³/mol. The van der Waals surface area contributed by atoms with Gasteiger partial charge in [0, 0.05) is 26.3 Å². The van der Waals surface area contributed by atoms with E-state index in [1.807, 2.05) is 0 Å². The number of anilines is 1. The van der Waals surface area contributed by atoms with Crippen molar-refractivity contribution in [3.63, 3.8) is 0 Å². The van der Waals surface area contributed by atoms with Gasteiger partial charge in [0.2, 0.25) is 0 Å². The number of imidazole rings is 1. The van der Waals surface area contributed by atoms with Gasteiger partial charge >= 0.3 is 18.2 Å². The van der Waals surface area contributed by atoms with Crippen molar-refractivity contribution in [1.82, 2.24) is 24.8 Å². The topological polar surface area (TPSA) is 207 Å². The summed E-state index contributed by atoms with van der Waals surface area (Å²) in [6.45, 7) is 3.49. The zero-order chi connectivity index (χ0) is 35.7. The number of hydrogen-bond donors (Lipinski definition) is 4. The number of nitrogens with one attached hydrogen (secondary N) is 2. The number of amides is 1. The van der Waals surface area contributed by atoms with Gasteiger partial charge in [-0.2, -0.15) is 13.2 Å². The number of aliphatic hydroxyl groups is 2. The molecule has 1 amide bonds. The van der Waals surface area contributed by atoms with Gasteiger partial charge in [0.05, 0.1) is 65.8 Å². The number of carbonyl (C=O) groups is 1. The van der Waals surface area contributed by atoms with Crippen molar-refractivity contribution in [2.24, 2.45) is 0 Å². The molecule has 2 aromatic heterocycles. The number of aliphatic hydroxyl groups excluding tert-OH is 2. The maximum atomic E-state index is 12.0. The Kier molecular flexibility index (Phi) is 18.1. The normalized spacial score (nSPS) is 19.9. The van der Waals surface area contributed by atoms with Crippen molar-refractivity contribution in [3.8, 4) is 0 Å². The lowest BCUT2D eigenvalue weighted by Crippen LogP contribution is -2.37. The molecule has 3 heterocycles. The number of alkyl halides is 3. The molecule has 0 aromatic carbocycles. The molecular formula is C26H40Cl2F3N6O11P. The van der Waals surface area contributed by atoms with E-state index >= 15 is 0 Å². The summed E-state index contributed by atoms with van der Waals surface area (Å²) in [5.41, 5.74) is 0.768. The minimum Gasteiger partial charge on any atom is -0.387 e. The number of halogens is 5. The van der Waals surface area contributed by atoms with Gasteiger partial charge in [-0.3, -0.25) is 13.9 Å². The first-order valence-corrected chi connectivity index (χ1v) is 18.6. The number of aromatic nitrogens is 4. The number of rotatable bonds is 25. The molecule has 1 unspecified atom stereocenters. The van der Waals surface area contributed by atoms with Gasteiger partial charge in [0.1, 0.15) is 24.6 Å². The molecule has 0 bridgehead atoms. The van der Waals surface area contributed by atoms with E-state index in [-0.39, 0.29) is 26.2 Å². The third-order valence-corrected chi connectivity index (χ3v) is 7.65. The Labute approximate surface area is 289 Å². The molecule has 1 fully saturated rings. The Bertz CT molecular complexity index is 1320. The first-order valence-electron chi connectivity index (χ1n) is 15.2. The molecule has 23 heteroatoms. The van der Waals surface area contributed by atoms with Crippen molar-refractivity contribution in [2.45, 2.75) is 43.6 Å². The monoisotopic (exact) mass is 770 g/mol. The lowest BCUT2D eigenvalue weighted by atomic mass is 10.1.